The van der Waals surface area contributed by atoms with E-state index in [0.29, 0.717) is 34.7 Å². The number of nitrogens with one attached hydrogen (secondary N) is 2. The first-order chi connectivity index (χ1) is 18.4. The van der Waals surface area contributed by atoms with Gasteiger partial charge in [-0.25, -0.2) is 8.78 Å². The van der Waals surface area contributed by atoms with Crippen molar-refractivity contribution in [2.75, 3.05) is 39.7 Å². The molecule has 0 aliphatic heterocycles. The number of carbonyl (C=O) groups excluding carboxylic acids is 1. The average molecular weight is 524 g/mol. The van der Waals surface area contributed by atoms with E-state index in [-0.39, 0.29) is 22.6 Å². The molecule has 4 rings (SSSR count). The number of ether oxygens (including phenoxy) is 3. The second-order valence-corrected chi connectivity index (χ2v) is 8.23. The van der Waals surface area contributed by atoms with Gasteiger partial charge in [0.05, 0.1) is 32.0 Å². The summed E-state index contributed by atoms with van der Waals surface area (Å²) in [6.45, 7) is 1.28. The Hall–Kier alpha value is -4.51. The van der Waals surface area contributed by atoms with Crippen molar-refractivity contribution < 1.29 is 27.8 Å². The number of pyridine rings is 2. The Bertz CT molecular complexity index is 1460. The van der Waals surface area contributed by atoms with E-state index in [4.69, 9.17) is 19.9 Å². The normalized spacial score (nSPS) is 10.9. The minimum atomic E-state index is -0.901. The highest BCUT2D eigenvalue weighted by Gasteiger charge is 2.21. The Labute approximate surface area is 217 Å². The highest BCUT2D eigenvalue weighted by Crippen LogP contribution is 2.37. The number of hydrogen-bond acceptors (Lipinski definition) is 8. The summed E-state index contributed by atoms with van der Waals surface area (Å²) in [4.78, 5) is 20.5. The quantitative estimate of drug-likeness (QED) is 0.247. The van der Waals surface area contributed by atoms with Crippen LogP contribution in [0, 0.1) is 11.6 Å². The number of rotatable bonds is 11. The predicted octanol–water partition coefficient (Wildman–Crippen LogP) is 4.42. The number of anilines is 2. The molecule has 0 unspecified atom stereocenters. The van der Waals surface area contributed by atoms with Gasteiger partial charge in [0.2, 0.25) is 0 Å². The molecule has 0 radical (unpaired) electrons. The Morgan fingerprint density at radius 1 is 0.974 bits per heavy atom. The zero-order chi connectivity index (χ0) is 27.2. The average Bonchev–Trinajstić information content (AvgIpc) is 2.91. The number of fused-ring (bicyclic) bond motifs is 1. The fourth-order valence-electron chi connectivity index (χ4n) is 4.00. The molecule has 0 fully saturated rings. The standard InChI is InChI=1S/C27H27F2N5O4/c1-31-7-4-10-38-23-14-20-16(13-22(23)37-3)19(5-8-32-20)34-26-17(28)11-15(12-18(26)29)25-24(27(30)35)21(36-2)6-9-33-25/h5-6,8-9,11-14,31H,4,7,10H2,1-3H3,(H2,30,35)(H,32,34). The molecular formula is C27H27F2N5O4. The van der Waals surface area contributed by atoms with Crippen LogP contribution in [0.1, 0.15) is 16.8 Å². The highest BCUT2D eigenvalue weighted by molar-refractivity contribution is 6.01. The number of halogens is 2. The minimum absolute atomic E-state index is 0.00236. The Kier molecular flexibility index (Phi) is 8.17. The monoisotopic (exact) mass is 523 g/mol. The third kappa shape index (κ3) is 5.42. The third-order valence-electron chi connectivity index (χ3n) is 5.81. The second kappa shape index (κ2) is 11.7. The summed E-state index contributed by atoms with van der Waals surface area (Å²) in [5, 5.41) is 6.45. The van der Waals surface area contributed by atoms with Crippen molar-refractivity contribution in [2.45, 2.75) is 6.42 Å². The van der Waals surface area contributed by atoms with Crippen LogP contribution in [0.3, 0.4) is 0 Å². The van der Waals surface area contributed by atoms with E-state index in [9.17, 15) is 4.79 Å². The molecule has 0 aliphatic rings. The molecule has 11 heteroatoms. The van der Waals surface area contributed by atoms with E-state index >= 15 is 8.78 Å². The van der Waals surface area contributed by atoms with Gasteiger partial charge in [0.1, 0.15) is 28.6 Å². The van der Waals surface area contributed by atoms with Crippen LogP contribution in [-0.2, 0) is 0 Å². The van der Waals surface area contributed by atoms with Gasteiger partial charge in [-0.3, -0.25) is 14.8 Å². The maximum absolute atomic E-state index is 15.3. The summed E-state index contributed by atoms with van der Waals surface area (Å²) in [5.74, 6) is -1.53. The topological polar surface area (TPSA) is 121 Å². The smallest absolute Gasteiger partial charge is 0.254 e. The largest absolute Gasteiger partial charge is 0.496 e. The van der Waals surface area contributed by atoms with Crippen LogP contribution in [-0.4, -0.2) is 50.3 Å². The maximum Gasteiger partial charge on any atom is 0.254 e. The number of benzene rings is 2. The molecule has 4 aromatic rings. The molecule has 2 heterocycles. The van der Waals surface area contributed by atoms with E-state index < -0.39 is 23.2 Å². The molecule has 0 saturated heterocycles. The maximum atomic E-state index is 15.3. The molecule has 0 atom stereocenters. The minimum Gasteiger partial charge on any atom is -0.496 e. The molecule has 38 heavy (non-hydrogen) atoms. The van der Waals surface area contributed by atoms with Crippen molar-refractivity contribution in [3.63, 3.8) is 0 Å². The van der Waals surface area contributed by atoms with Crippen LogP contribution >= 0.6 is 0 Å². The van der Waals surface area contributed by atoms with Crippen LogP contribution < -0.4 is 30.6 Å². The van der Waals surface area contributed by atoms with Gasteiger partial charge in [-0.1, -0.05) is 0 Å². The van der Waals surface area contributed by atoms with Crippen molar-refractivity contribution in [1.82, 2.24) is 15.3 Å². The second-order valence-electron chi connectivity index (χ2n) is 8.23. The Morgan fingerprint density at radius 3 is 2.34 bits per heavy atom. The Morgan fingerprint density at radius 2 is 1.68 bits per heavy atom. The third-order valence-corrected chi connectivity index (χ3v) is 5.81. The summed E-state index contributed by atoms with van der Waals surface area (Å²) < 4.78 is 47.0. The van der Waals surface area contributed by atoms with Crippen molar-refractivity contribution in [3.05, 3.63) is 66.0 Å². The molecule has 0 spiro atoms. The first kappa shape index (κ1) is 26.6. The van der Waals surface area contributed by atoms with Gasteiger partial charge < -0.3 is 30.6 Å². The summed E-state index contributed by atoms with van der Waals surface area (Å²) in [5.41, 5.74) is 5.98. The van der Waals surface area contributed by atoms with E-state index in [0.717, 1.165) is 25.1 Å². The lowest BCUT2D eigenvalue weighted by Gasteiger charge is -2.16. The van der Waals surface area contributed by atoms with Gasteiger partial charge in [-0.05, 0) is 50.3 Å². The number of nitrogens with zero attached hydrogens (tertiary/aromatic N) is 2. The lowest BCUT2D eigenvalue weighted by atomic mass is 10.0. The van der Waals surface area contributed by atoms with E-state index in [2.05, 4.69) is 20.6 Å². The van der Waals surface area contributed by atoms with Gasteiger partial charge in [0.15, 0.2) is 11.5 Å². The predicted molar refractivity (Wildman–Crippen MR) is 140 cm³/mol. The highest BCUT2D eigenvalue weighted by atomic mass is 19.1. The molecule has 4 N–H and O–H groups in total. The molecule has 2 aromatic heterocycles. The molecule has 0 bridgehead atoms. The van der Waals surface area contributed by atoms with E-state index in [1.54, 1.807) is 18.2 Å². The van der Waals surface area contributed by atoms with Crippen LogP contribution in [0.15, 0.2) is 48.8 Å². The first-order valence-electron chi connectivity index (χ1n) is 11.7. The molecular weight excluding hydrogens is 496 g/mol. The fraction of sp³-hybridized carbons (Fsp3) is 0.222. The molecule has 198 valence electrons. The van der Waals surface area contributed by atoms with Gasteiger partial charge in [-0.15, -0.1) is 0 Å². The van der Waals surface area contributed by atoms with Gasteiger partial charge in [0, 0.05) is 35.1 Å². The van der Waals surface area contributed by atoms with Crippen LogP contribution in [0.4, 0.5) is 20.2 Å². The summed E-state index contributed by atoms with van der Waals surface area (Å²) in [6, 6.07) is 8.59. The lowest BCUT2D eigenvalue weighted by Crippen LogP contribution is -2.15. The zero-order valence-corrected chi connectivity index (χ0v) is 21.1. The Balaban J connectivity index is 1.70. The number of aromatic nitrogens is 2. The van der Waals surface area contributed by atoms with Crippen molar-refractivity contribution in [1.29, 1.82) is 0 Å². The van der Waals surface area contributed by atoms with Gasteiger partial charge in [0.25, 0.3) is 5.91 Å². The summed E-state index contributed by atoms with van der Waals surface area (Å²) in [7, 11) is 4.73. The van der Waals surface area contributed by atoms with Crippen molar-refractivity contribution in [3.8, 4) is 28.5 Å². The SMILES string of the molecule is CNCCCOc1cc2nccc(Nc3c(F)cc(-c4nccc(OC)c4C(N)=O)cc3F)c2cc1OC. The molecule has 1 amide bonds. The molecule has 0 saturated carbocycles. The first-order valence-corrected chi connectivity index (χ1v) is 11.7. The fourth-order valence-corrected chi connectivity index (χ4v) is 4.00. The summed E-state index contributed by atoms with van der Waals surface area (Å²) in [6.07, 6.45) is 3.68. The van der Waals surface area contributed by atoms with Crippen LogP contribution in [0.25, 0.3) is 22.2 Å². The van der Waals surface area contributed by atoms with E-state index in [1.165, 1.54) is 32.7 Å². The number of primary amides is 1. The van der Waals surface area contributed by atoms with Crippen LogP contribution in [0.2, 0.25) is 0 Å². The van der Waals surface area contributed by atoms with Crippen molar-refractivity contribution >= 4 is 28.2 Å². The van der Waals surface area contributed by atoms with Crippen molar-refractivity contribution in [2.24, 2.45) is 5.73 Å². The molecule has 2 aromatic carbocycles. The summed E-state index contributed by atoms with van der Waals surface area (Å²) >= 11 is 0. The lowest BCUT2D eigenvalue weighted by molar-refractivity contribution is 0.0997. The molecule has 0 aliphatic carbocycles. The number of hydrogen-bond donors (Lipinski definition) is 3. The zero-order valence-electron chi connectivity index (χ0n) is 21.1. The molecule has 9 nitrogen and oxygen atoms in total. The van der Waals surface area contributed by atoms with Gasteiger partial charge >= 0.3 is 0 Å². The van der Waals surface area contributed by atoms with E-state index in [1.807, 2.05) is 7.05 Å². The van der Waals surface area contributed by atoms with Crippen LogP contribution in [0.5, 0.6) is 17.2 Å². The number of carbonyl (C=O) groups is 1. The number of methoxy groups -OCH3 is 2. The number of amides is 1. The number of nitrogens with two attached hydrogens (primary N) is 1. The van der Waals surface area contributed by atoms with Gasteiger partial charge in [-0.2, -0.15) is 0 Å².